The van der Waals surface area contributed by atoms with Gasteiger partial charge in [0.05, 0.1) is 6.61 Å². The molecule has 0 aliphatic carbocycles. The van der Waals surface area contributed by atoms with Crippen molar-refractivity contribution in [1.82, 2.24) is 14.7 Å². The average molecular weight is 297 g/mol. The van der Waals surface area contributed by atoms with E-state index in [-0.39, 0.29) is 17.9 Å². The summed E-state index contributed by atoms with van der Waals surface area (Å²) in [6.07, 6.45) is 2.58. The maximum atomic E-state index is 12.5. The van der Waals surface area contributed by atoms with E-state index in [0.717, 1.165) is 39.0 Å². The Hall–Kier alpha value is -1.30. The fourth-order valence-corrected chi connectivity index (χ4v) is 3.12. The number of ether oxygens (including phenoxy) is 1. The van der Waals surface area contributed by atoms with Crippen LogP contribution in [0.3, 0.4) is 0 Å². The summed E-state index contributed by atoms with van der Waals surface area (Å²) in [5.74, 6) is 0.761. The zero-order chi connectivity index (χ0) is 15.4. The third kappa shape index (κ3) is 4.09. The Morgan fingerprint density at radius 2 is 1.81 bits per heavy atom. The maximum Gasteiger partial charge on any atom is 0.319 e. The molecule has 0 aromatic rings. The molecule has 21 heavy (non-hydrogen) atoms. The number of hydrogen-bond donors (Lipinski definition) is 0. The van der Waals surface area contributed by atoms with Crippen molar-refractivity contribution in [3.8, 4) is 0 Å². The maximum absolute atomic E-state index is 12.5. The van der Waals surface area contributed by atoms with Gasteiger partial charge in [0, 0.05) is 59.2 Å². The second-order valence-corrected chi connectivity index (χ2v) is 6.39. The van der Waals surface area contributed by atoms with E-state index in [9.17, 15) is 9.59 Å². The standard InChI is InChI=1S/C15H27N3O3/c1-16(2)15(20)18-7-4-13(5-8-18)14(19)17(3)10-12-6-9-21-11-12/h12-13H,4-11H2,1-3H3. The highest BCUT2D eigenvalue weighted by Crippen LogP contribution is 2.21. The van der Waals surface area contributed by atoms with Gasteiger partial charge in [-0.25, -0.2) is 4.79 Å². The van der Waals surface area contributed by atoms with Crippen LogP contribution in [0.1, 0.15) is 19.3 Å². The fraction of sp³-hybridized carbons (Fsp3) is 0.867. The molecule has 0 saturated carbocycles. The molecule has 6 heteroatoms. The second kappa shape index (κ2) is 7.11. The number of rotatable bonds is 3. The molecule has 2 fully saturated rings. The van der Waals surface area contributed by atoms with Gasteiger partial charge >= 0.3 is 6.03 Å². The number of carbonyl (C=O) groups excluding carboxylic acids is 2. The van der Waals surface area contributed by atoms with Crippen LogP contribution >= 0.6 is 0 Å². The first-order valence-corrected chi connectivity index (χ1v) is 7.78. The lowest BCUT2D eigenvalue weighted by Gasteiger charge is -2.34. The van der Waals surface area contributed by atoms with Gasteiger partial charge in [0.15, 0.2) is 0 Å². The average Bonchev–Trinajstić information content (AvgIpc) is 2.98. The van der Waals surface area contributed by atoms with Gasteiger partial charge in [0.25, 0.3) is 0 Å². The number of hydrogen-bond acceptors (Lipinski definition) is 3. The number of likely N-dealkylation sites (tertiary alicyclic amines) is 1. The summed E-state index contributed by atoms with van der Waals surface area (Å²) in [7, 11) is 5.41. The summed E-state index contributed by atoms with van der Waals surface area (Å²) in [6, 6.07) is 0.0392. The van der Waals surface area contributed by atoms with Gasteiger partial charge in [-0.15, -0.1) is 0 Å². The Morgan fingerprint density at radius 1 is 1.14 bits per heavy atom. The number of carbonyl (C=O) groups is 2. The molecule has 0 aromatic carbocycles. The normalized spacial score (nSPS) is 23.2. The van der Waals surface area contributed by atoms with Crippen LogP contribution in [0.25, 0.3) is 0 Å². The second-order valence-electron chi connectivity index (χ2n) is 6.39. The minimum absolute atomic E-state index is 0.0392. The topological polar surface area (TPSA) is 53.1 Å². The largest absolute Gasteiger partial charge is 0.381 e. The lowest BCUT2D eigenvalue weighted by Crippen LogP contribution is -2.47. The Balaban J connectivity index is 1.78. The number of nitrogens with zero attached hydrogens (tertiary/aromatic N) is 3. The zero-order valence-electron chi connectivity index (χ0n) is 13.4. The summed E-state index contributed by atoms with van der Waals surface area (Å²) >= 11 is 0. The molecule has 3 amide bonds. The quantitative estimate of drug-likeness (QED) is 0.777. The smallest absolute Gasteiger partial charge is 0.319 e. The molecule has 120 valence electrons. The Kier molecular flexibility index (Phi) is 5.45. The lowest BCUT2D eigenvalue weighted by atomic mass is 9.95. The van der Waals surface area contributed by atoms with Crippen molar-refractivity contribution < 1.29 is 14.3 Å². The van der Waals surface area contributed by atoms with E-state index in [1.165, 1.54) is 0 Å². The van der Waals surface area contributed by atoms with Crippen LogP contribution in [0, 0.1) is 11.8 Å². The highest BCUT2D eigenvalue weighted by molar-refractivity contribution is 5.79. The fourth-order valence-electron chi connectivity index (χ4n) is 3.12. The summed E-state index contributed by atoms with van der Waals surface area (Å²) in [6.45, 7) is 3.72. The first-order valence-electron chi connectivity index (χ1n) is 7.78. The van der Waals surface area contributed by atoms with Crippen molar-refractivity contribution in [3.63, 3.8) is 0 Å². The van der Waals surface area contributed by atoms with Crippen LogP contribution in [0.2, 0.25) is 0 Å². The Morgan fingerprint density at radius 3 is 2.33 bits per heavy atom. The van der Waals surface area contributed by atoms with Gasteiger partial charge in [0.2, 0.25) is 5.91 Å². The third-order valence-electron chi connectivity index (χ3n) is 4.43. The molecule has 0 N–H and O–H groups in total. The van der Waals surface area contributed by atoms with Gasteiger partial charge in [-0.2, -0.15) is 0 Å². The van der Waals surface area contributed by atoms with E-state index in [2.05, 4.69) is 0 Å². The highest BCUT2D eigenvalue weighted by Gasteiger charge is 2.30. The molecular weight excluding hydrogens is 270 g/mol. The Bertz CT molecular complexity index is 372. The molecule has 2 rings (SSSR count). The molecule has 2 heterocycles. The highest BCUT2D eigenvalue weighted by atomic mass is 16.5. The molecule has 2 saturated heterocycles. The van der Waals surface area contributed by atoms with E-state index in [1.807, 2.05) is 16.8 Å². The van der Waals surface area contributed by atoms with E-state index < -0.39 is 0 Å². The molecular formula is C15H27N3O3. The SMILES string of the molecule is CN(C)C(=O)N1CCC(C(=O)N(C)CC2CCOC2)CC1. The molecule has 0 radical (unpaired) electrons. The zero-order valence-corrected chi connectivity index (χ0v) is 13.4. The first kappa shape index (κ1) is 16.1. The molecule has 0 spiro atoms. The van der Waals surface area contributed by atoms with Crippen molar-refractivity contribution in [1.29, 1.82) is 0 Å². The monoisotopic (exact) mass is 297 g/mol. The molecule has 0 bridgehead atoms. The minimum Gasteiger partial charge on any atom is -0.381 e. The van der Waals surface area contributed by atoms with Gasteiger partial charge in [-0.05, 0) is 19.3 Å². The van der Waals surface area contributed by atoms with E-state index >= 15 is 0 Å². The van der Waals surface area contributed by atoms with Crippen molar-refractivity contribution in [2.75, 3.05) is 54.0 Å². The van der Waals surface area contributed by atoms with E-state index in [1.54, 1.807) is 19.0 Å². The first-order chi connectivity index (χ1) is 9.99. The van der Waals surface area contributed by atoms with Gasteiger partial charge in [-0.1, -0.05) is 0 Å². The van der Waals surface area contributed by atoms with Crippen LogP contribution < -0.4 is 0 Å². The summed E-state index contributed by atoms with van der Waals surface area (Å²) in [4.78, 5) is 29.6. The predicted molar refractivity (Wildman–Crippen MR) is 79.9 cm³/mol. The third-order valence-corrected chi connectivity index (χ3v) is 4.43. The van der Waals surface area contributed by atoms with Gasteiger partial charge < -0.3 is 19.4 Å². The van der Waals surface area contributed by atoms with Crippen LogP contribution in [0.5, 0.6) is 0 Å². The number of amides is 3. The summed E-state index contributed by atoms with van der Waals surface area (Å²) in [5, 5.41) is 0. The summed E-state index contributed by atoms with van der Waals surface area (Å²) in [5.41, 5.74) is 0. The van der Waals surface area contributed by atoms with Crippen molar-refractivity contribution >= 4 is 11.9 Å². The number of piperidine rings is 1. The molecule has 2 aliphatic heterocycles. The Labute approximate surface area is 127 Å². The molecule has 1 unspecified atom stereocenters. The lowest BCUT2D eigenvalue weighted by molar-refractivity contribution is -0.136. The van der Waals surface area contributed by atoms with Crippen LogP contribution in [-0.2, 0) is 9.53 Å². The van der Waals surface area contributed by atoms with Crippen molar-refractivity contribution in [3.05, 3.63) is 0 Å². The van der Waals surface area contributed by atoms with Gasteiger partial charge in [-0.3, -0.25) is 4.79 Å². The number of urea groups is 1. The molecule has 1 atom stereocenters. The molecule has 2 aliphatic rings. The van der Waals surface area contributed by atoms with Crippen LogP contribution in [-0.4, -0.2) is 80.6 Å². The minimum atomic E-state index is 0.0392. The molecule has 0 aromatic heterocycles. The van der Waals surface area contributed by atoms with E-state index in [0.29, 0.717) is 19.0 Å². The van der Waals surface area contributed by atoms with E-state index in [4.69, 9.17) is 4.74 Å². The van der Waals surface area contributed by atoms with Crippen molar-refractivity contribution in [2.24, 2.45) is 11.8 Å². The van der Waals surface area contributed by atoms with Crippen LogP contribution in [0.4, 0.5) is 4.79 Å². The predicted octanol–water partition coefficient (Wildman–Crippen LogP) is 0.875. The van der Waals surface area contributed by atoms with Crippen LogP contribution in [0.15, 0.2) is 0 Å². The van der Waals surface area contributed by atoms with Gasteiger partial charge in [0.1, 0.15) is 0 Å². The van der Waals surface area contributed by atoms with Crippen molar-refractivity contribution in [2.45, 2.75) is 19.3 Å². The summed E-state index contributed by atoms with van der Waals surface area (Å²) < 4.78 is 5.36. The molecule has 6 nitrogen and oxygen atoms in total.